The Balaban J connectivity index is 1.85. The third-order valence-corrected chi connectivity index (χ3v) is 2.96. The largest absolute Gasteiger partial charge is 0.375 e. The lowest BCUT2D eigenvalue weighted by Crippen LogP contribution is -2.22. The lowest BCUT2D eigenvalue weighted by atomic mass is 10.1. The highest BCUT2D eigenvalue weighted by molar-refractivity contribution is 5.18. The molecule has 0 saturated heterocycles. The van der Waals surface area contributed by atoms with E-state index < -0.39 is 0 Å². The molecule has 0 unspecified atom stereocenters. The van der Waals surface area contributed by atoms with Gasteiger partial charge in [-0.3, -0.25) is 0 Å². The van der Waals surface area contributed by atoms with E-state index in [1.807, 2.05) is 24.3 Å². The van der Waals surface area contributed by atoms with Crippen molar-refractivity contribution in [3.8, 4) is 0 Å². The first-order valence-corrected chi connectivity index (χ1v) is 6.22. The summed E-state index contributed by atoms with van der Waals surface area (Å²) in [5.41, 5.74) is 2.50. The quantitative estimate of drug-likeness (QED) is 0.838. The average Bonchev–Trinajstić information content (AvgIpc) is 2.46. The SMILES string of the molecule is CO[C@H](CNCc1ccccc1)c1ccccc1. The molecule has 18 heavy (non-hydrogen) atoms. The Hall–Kier alpha value is -1.64. The van der Waals surface area contributed by atoms with Crippen molar-refractivity contribution in [3.05, 3.63) is 71.8 Å². The number of methoxy groups -OCH3 is 1. The Labute approximate surface area is 109 Å². The van der Waals surface area contributed by atoms with Crippen LogP contribution in [0.1, 0.15) is 17.2 Å². The first kappa shape index (κ1) is 12.8. The molecule has 2 nitrogen and oxygen atoms in total. The lowest BCUT2D eigenvalue weighted by Gasteiger charge is -2.16. The third kappa shape index (κ3) is 3.69. The number of ether oxygens (including phenoxy) is 1. The van der Waals surface area contributed by atoms with Gasteiger partial charge in [0.15, 0.2) is 0 Å². The predicted molar refractivity (Wildman–Crippen MR) is 74.3 cm³/mol. The molecule has 0 aliphatic heterocycles. The van der Waals surface area contributed by atoms with E-state index in [1.165, 1.54) is 11.1 Å². The summed E-state index contributed by atoms with van der Waals surface area (Å²) in [6, 6.07) is 20.7. The summed E-state index contributed by atoms with van der Waals surface area (Å²) in [5, 5.41) is 3.43. The summed E-state index contributed by atoms with van der Waals surface area (Å²) in [6.07, 6.45) is 0.106. The van der Waals surface area contributed by atoms with Crippen molar-refractivity contribution >= 4 is 0 Å². The molecule has 0 amide bonds. The number of hydrogen-bond acceptors (Lipinski definition) is 2. The smallest absolute Gasteiger partial charge is 0.0945 e. The first-order chi connectivity index (χ1) is 8.90. The normalized spacial score (nSPS) is 12.3. The molecule has 0 saturated carbocycles. The molecular weight excluding hydrogens is 222 g/mol. The van der Waals surface area contributed by atoms with Gasteiger partial charge in [0.1, 0.15) is 0 Å². The van der Waals surface area contributed by atoms with Crippen LogP contribution >= 0.6 is 0 Å². The maximum Gasteiger partial charge on any atom is 0.0945 e. The minimum absolute atomic E-state index is 0.106. The Morgan fingerprint density at radius 2 is 1.56 bits per heavy atom. The summed E-state index contributed by atoms with van der Waals surface area (Å²) >= 11 is 0. The molecule has 2 rings (SSSR count). The maximum atomic E-state index is 5.51. The van der Waals surface area contributed by atoms with Crippen molar-refractivity contribution in [3.63, 3.8) is 0 Å². The standard InChI is InChI=1S/C16H19NO/c1-18-16(15-10-6-3-7-11-15)13-17-12-14-8-4-2-5-9-14/h2-11,16-17H,12-13H2,1H3/t16-/m1/s1. The van der Waals surface area contributed by atoms with Gasteiger partial charge < -0.3 is 10.1 Å². The van der Waals surface area contributed by atoms with Crippen LogP contribution < -0.4 is 5.32 Å². The topological polar surface area (TPSA) is 21.3 Å². The van der Waals surface area contributed by atoms with Gasteiger partial charge in [-0.25, -0.2) is 0 Å². The van der Waals surface area contributed by atoms with Crippen LogP contribution in [-0.2, 0) is 11.3 Å². The van der Waals surface area contributed by atoms with Gasteiger partial charge in [0.2, 0.25) is 0 Å². The molecule has 0 bridgehead atoms. The maximum absolute atomic E-state index is 5.51. The van der Waals surface area contributed by atoms with Crippen molar-refractivity contribution in [1.82, 2.24) is 5.32 Å². The van der Waals surface area contributed by atoms with Gasteiger partial charge in [0.05, 0.1) is 6.10 Å². The highest BCUT2D eigenvalue weighted by Crippen LogP contribution is 2.14. The molecule has 0 radical (unpaired) electrons. The van der Waals surface area contributed by atoms with Gasteiger partial charge >= 0.3 is 0 Å². The summed E-state index contributed by atoms with van der Waals surface area (Å²) in [6.45, 7) is 1.68. The average molecular weight is 241 g/mol. The molecule has 2 heteroatoms. The van der Waals surface area contributed by atoms with Gasteiger partial charge in [-0.15, -0.1) is 0 Å². The van der Waals surface area contributed by atoms with Crippen LogP contribution in [0.25, 0.3) is 0 Å². The molecule has 2 aromatic carbocycles. The lowest BCUT2D eigenvalue weighted by molar-refractivity contribution is 0.102. The Bertz CT molecular complexity index is 441. The Morgan fingerprint density at radius 3 is 2.17 bits per heavy atom. The Morgan fingerprint density at radius 1 is 0.944 bits per heavy atom. The molecule has 2 aromatic rings. The molecule has 0 heterocycles. The van der Waals surface area contributed by atoms with Gasteiger partial charge in [0, 0.05) is 20.2 Å². The number of rotatable bonds is 6. The second kappa shape index (κ2) is 6.94. The number of hydrogen-bond donors (Lipinski definition) is 1. The summed E-state index contributed by atoms with van der Waals surface area (Å²) in [7, 11) is 1.75. The fraction of sp³-hybridized carbons (Fsp3) is 0.250. The fourth-order valence-corrected chi connectivity index (χ4v) is 1.95. The van der Waals surface area contributed by atoms with Crippen LogP contribution in [-0.4, -0.2) is 13.7 Å². The molecule has 0 aromatic heterocycles. The number of nitrogens with one attached hydrogen (secondary N) is 1. The third-order valence-electron chi connectivity index (χ3n) is 2.96. The zero-order valence-corrected chi connectivity index (χ0v) is 10.7. The molecular formula is C16H19NO. The molecule has 0 fully saturated rings. The molecule has 0 aliphatic rings. The second-order valence-corrected chi connectivity index (χ2v) is 4.25. The zero-order valence-electron chi connectivity index (χ0n) is 10.7. The van der Waals surface area contributed by atoms with E-state index in [-0.39, 0.29) is 6.10 Å². The van der Waals surface area contributed by atoms with Gasteiger partial charge in [0.25, 0.3) is 0 Å². The van der Waals surface area contributed by atoms with E-state index >= 15 is 0 Å². The van der Waals surface area contributed by atoms with Gasteiger partial charge in [-0.2, -0.15) is 0 Å². The van der Waals surface area contributed by atoms with Crippen molar-refractivity contribution in [1.29, 1.82) is 0 Å². The van der Waals surface area contributed by atoms with Crippen molar-refractivity contribution in [2.45, 2.75) is 12.6 Å². The fourth-order valence-electron chi connectivity index (χ4n) is 1.95. The predicted octanol–water partition coefficient (Wildman–Crippen LogP) is 3.16. The zero-order chi connectivity index (χ0) is 12.6. The van der Waals surface area contributed by atoms with Crippen LogP contribution in [0.5, 0.6) is 0 Å². The van der Waals surface area contributed by atoms with Crippen LogP contribution in [0, 0.1) is 0 Å². The second-order valence-electron chi connectivity index (χ2n) is 4.25. The van der Waals surface area contributed by atoms with E-state index in [1.54, 1.807) is 7.11 Å². The van der Waals surface area contributed by atoms with Crippen LogP contribution in [0.15, 0.2) is 60.7 Å². The van der Waals surface area contributed by atoms with Crippen LogP contribution in [0.3, 0.4) is 0 Å². The molecule has 1 N–H and O–H groups in total. The molecule has 0 aliphatic carbocycles. The monoisotopic (exact) mass is 241 g/mol. The van der Waals surface area contributed by atoms with Crippen LogP contribution in [0.2, 0.25) is 0 Å². The van der Waals surface area contributed by atoms with Gasteiger partial charge in [-0.05, 0) is 11.1 Å². The van der Waals surface area contributed by atoms with E-state index in [9.17, 15) is 0 Å². The van der Waals surface area contributed by atoms with E-state index in [0.29, 0.717) is 0 Å². The summed E-state index contributed by atoms with van der Waals surface area (Å²) in [5.74, 6) is 0. The van der Waals surface area contributed by atoms with Crippen molar-refractivity contribution < 1.29 is 4.74 Å². The minimum atomic E-state index is 0.106. The van der Waals surface area contributed by atoms with E-state index in [4.69, 9.17) is 4.74 Å². The van der Waals surface area contributed by atoms with Crippen molar-refractivity contribution in [2.24, 2.45) is 0 Å². The van der Waals surface area contributed by atoms with Crippen LogP contribution in [0.4, 0.5) is 0 Å². The highest BCUT2D eigenvalue weighted by Gasteiger charge is 2.08. The van der Waals surface area contributed by atoms with E-state index in [0.717, 1.165) is 13.1 Å². The highest BCUT2D eigenvalue weighted by atomic mass is 16.5. The van der Waals surface area contributed by atoms with Crippen molar-refractivity contribution in [2.75, 3.05) is 13.7 Å². The summed E-state index contributed by atoms with van der Waals surface area (Å²) in [4.78, 5) is 0. The Kier molecular flexibility index (Phi) is 4.94. The first-order valence-electron chi connectivity index (χ1n) is 6.22. The minimum Gasteiger partial charge on any atom is -0.375 e. The molecule has 1 atom stereocenters. The molecule has 94 valence electrons. The summed E-state index contributed by atoms with van der Waals surface area (Å²) < 4.78 is 5.51. The van der Waals surface area contributed by atoms with E-state index in [2.05, 4.69) is 41.7 Å². The van der Waals surface area contributed by atoms with Gasteiger partial charge in [-0.1, -0.05) is 60.7 Å². The number of benzene rings is 2. The molecule has 0 spiro atoms.